The van der Waals surface area contributed by atoms with Gasteiger partial charge in [-0.15, -0.1) is 0 Å². The number of nitrogens with zero attached hydrogens (tertiary/aromatic N) is 7. The number of para-hydroxylation sites is 2. The molecule has 3 amide bonds. The van der Waals surface area contributed by atoms with Crippen molar-refractivity contribution >= 4 is 34.3 Å². The minimum atomic E-state index is -0.700. The van der Waals surface area contributed by atoms with Crippen LogP contribution >= 0.6 is 0 Å². The van der Waals surface area contributed by atoms with Crippen molar-refractivity contribution in [2.45, 2.75) is 32.9 Å². The van der Waals surface area contributed by atoms with Crippen LogP contribution in [0.4, 0.5) is 5.69 Å². The van der Waals surface area contributed by atoms with E-state index >= 15 is 0 Å². The van der Waals surface area contributed by atoms with Crippen LogP contribution < -0.4 is 11.1 Å². The molecule has 1 aliphatic rings. The number of nitrogens with one attached hydrogen (secondary N) is 1. The van der Waals surface area contributed by atoms with Crippen molar-refractivity contribution in [3.63, 3.8) is 0 Å². The summed E-state index contributed by atoms with van der Waals surface area (Å²) in [6, 6.07) is 15.9. The first-order valence-electron chi connectivity index (χ1n) is 13.6. The number of nitrogens with two attached hydrogens (primary N) is 1. The van der Waals surface area contributed by atoms with E-state index in [9.17, 15) is 14.4 Å². The van der Waals surface area contributed by atoms with Crippen molar-refractivity contribution in [1.29, 1.82) is 0 Å². The molecule has 42 heavy (non-hydrogen) atoms. The molecule has 1 fully saturated rings. The summed E-state index contributed by atoms with van der Waals surface area (Å²) in [5.74, 6) is -1.13. The number of carbonyl (C=O) groups excluding carboxylic acids is 3. The molecule has 12 heteroatoms. The fourth-order valence-corrected chi connectivity index (χ4v) is 5.51. The molecule has 3 aromatic heterocycles. The standard InChI is InChI=1S/C30H29N9O3/c1-18-13-26(30(42)35-23-5-3-4-6-25(23)39-19(2)9-12-34-39)37(16-18)27(40)17-38-24-8-7-20(21-10-11-32-33-15-21)14-22(24)28(36-38)29(31)41/h3-12,14-15,18,26H,13,16-17H2,1-2H3,(H2,31,41)(H,35,42)/t18-,26+/m1/s1. The highest BCUT2D eigenvalue weighted by atomic mass is 16.2. The van der Waals surface area contributed by atoms with Gasteiger partial charge in [-0.3, -0.25) is 19.1 Å². The summed E-state index contributed by atoms with van der Waals surface area (Å²) >= 11 is 0. The van der Waals surface area contributed by atoms with E-state index in [1.807, 2.05) is 50.2 Å². The van der Waals surface area contributed by atoms with E-state index in [1.165, 1.54) is 4.68 Å². The van der Waals surface area contributed by atoms with Gasteiger partial charge in [-0.05, 0) is 61.2 Å². The van der Waals surface area contributed by atoms with Crippen molar-refractivity contribution < 1.29 is 14.4 Å². The van der Waals surface area contributed by atoms with E-state index in [0.29, 0.717) is 29.6 Å². The zero-order chi connectivity index (χ0) is 29.4. The van der Waals surface area contributed by atoms with Gasteiger partial charge in [0.1, 0.15) is 12.6 Å². The summed E-state index contributed by atoms with van der Waals surface area (Å²) in [4.78, 5) is 41.1. The Hall–Kier alpha value is -5.39. The molecule has 1 aliphatic heterocycles. The van der Waals surface area contributed by atoms with E-state index in [-0.39, 0.29) is 30.0 Å². The SMILES string of the molecule is Cc1ccnn1-c1ccccc1NC(=O)[C@@H]1C[C@@H](C)CN1C(=O)Cn1nc(C(N)=O)c2cc(-c3ccnnc3)ccc21. The number of hydrogen-bond acceptors (Lipinski definition) is 7. The quantitative estimate of drug-likeness (QED) is 0.309. The van der Waals surface area contributed by atoms with Gasteiger partial charge in [-0.25, -0.2) is 4.68 Å². The highest BCUT2D eigenvalue weighted by molar-refractivity contribution is 6.05. The van der Waals surface area contributed by atoms with Crippen LogP contribution in [0.1, 0.15) is 29.5 Å². The number of likely N-dealkylation sites (tertiary alicyclic amines) is 1. The number of hydrogen-bond donors (Lipinski definition) is 2. The molecule has 0 spiro atoms. The minimum Gasteiger partial charge on any atom is -0.364 e. The van der Waals surface area contributed by atoms with Gasteiger partial charge in [0.2, 0.25) is 11.8 Å². The molecule has 2 atom stereocenters. The average Bonchev–Trinajstić information content (AvgIpc) is 3.70. The van der Waals surface area contributed by atoms with E-state index in [0.717, 1.165) is 22.5 Å². The number of primary amides is 1. The van der Waals surface area contributed by atoms with Crippen LogP contribution in [0.5, 0.6) is 0 Å². The first-order chi connectivity index (χ1) is 20.3. The van der Waals surface area contributed by atoms with Crippen LogP contribution in [0.3, 0.4) is 0 Å². The number of aryl methyl sites for hydroxylation is 1. The third-order valence-electron chi connectivity index (χ3n) is 7.54. The Bertz CT molecular complexity index is 1810. The Morgan fingerprint density at radius 1 is 1.02 bits per heavy atom. The largest absolute Gasteiger partial charge is 0.364 e. The fourth-order valence-electron chi connectivity index (χ4n) is 5.51. The normalized spacial score (nSPS) is 16.6. The average molecular weight is 564 g/mol. The summed E-state index contributed by atoms with van der Waals surface area (Å²) in [6.45, 7) is 4.22. The molecule has 0 bridgehead atoms. The van der Waals surface area contributed by atoms with Crippen molar-refractivity contribution in [2.75, 3.05) is 11.9 Å². The van der Waals surface area contributed by atoms with Gasteiger partial charge in [-0.1, -0.05) is 25.1 Å². The molecular formula is C30H29N9O3. The van der Waals surface area contributed by atoms with Gasteiger partial charge in [0.25, 0.3) is 5.91 Å². The molecule has 1 saturated heterocycles. The Labute approximate surface area is 241 Å². The molecule has 5 aromatic rings. The van der Waals surface area contributed by atoms with Crippen molar-refractivity contribution in [3.05, 3.63) is 84.6 Å². The molecule has 3 N–H and O–H groups in total. The van der Waals surface area contributed by atoms with E-state index in [2.05, 4.69) is 25.7 Å². The lowest BCUT2D eigenvalue weighted by Crippen LogP contribution is -2.44. The van der Waals surface area contributed by atoms with Crippen molar-refractivity contribution in [2.24, 2.45) is 11.7 Å². The van der Waals surface area contributed by atoms with Crippen LogP contribution in [0.25, 0.3) is 27.7 Å². The number of carbonyl (C=O) groups is 3. The third-order valence-corrected chi connectivity index (χ3v) is 7.54. The minimum absolute atomic E-state index is 0.0660. The van der Waals surface area contributed by atoms with Gasteiger partial charge in [0.05, 0.1) is 29.3 Å². The maximum absolute atomic E-state index is 13.7. The summed E-state index contributed by atoms with van der Waals surface area (Å²) < 4.78 is 3.23. The molecule has 0 radical (unpaired) electrons. The van der Waals surface area contributed by atoms with Crippen LogP contribution in [0, 0.1) is 12.8 Å². The second-order valence-corrected chi connectivity index (χ2v) is 10.5. The smallest absolute Gasteiger partial charge is 0.269 e. The first-order valence-corrected chi connectivity index (χ1v) is 13.6. The zero-order valence-corrected chi connectivity index (χ0v) is 23.1. The number of anilines is 1. The molecule has 0 unspecified atom stereocenters. The van der Waals surface area contributed by atoms with Crippen LogP contribution in [0.15, 0.2) is 73.2 Å². The third kappa shape index (κ3) is 4.98. The molecular weight excluding hydrogens is 534 g/mol. The summed E-state index contributed by atoms with van der Waals surface area (Å²) in [5, 5.41) is 20.0. The molecule has 12 nitrogen and oxygen atoms in total. The number of amides is 3. The lowest BCUT2D eigenvalue weighted by Gasteiger charge is -2.24. The van der Waals surface area contributed by atoms with Gasteiger partial charge < -0.3 is 16.0 Å². The predicted molar refractivity (Wildman–Crippen MR) is 155 cm³/mol. The molecule has 0 saturated carbocycles. The molecule has 6 rings (SSSR count). The topological polar surface area (TPSA) is 154 Å². The Morgan fingerprint density at radius 2 is 1.86 bits per heavy atom. The molecule has 2 aromatic carbocycles. The van der Waals surface area contributed by atoms with Crippen LogP contribution in [-0.4, -0.2) is 65.0 Å². The van der Waals surface area contributed by atoms with Crippen LogP contribution in [-0.2, 0) is 16.1 Å². The number of fused-ring (bicyclic) bond motifs is 1. The van der Waals surface area contributed by atoms with E-state index in [4.69, 9.17) is 5.73 Å². The highest BCUT2D eigenvalue weighted by Gasteiger charge is 2.38. The van der Waals surface area contributed by atoms with Crippen LogP contribution in [0.2, 0.25) is 0 Å². The molecule has 0 aliphatic carbocycles. The van der Waals surface area contributed by atoms with Gasteiger partial charge in [-0.2, -0.15) is 20.4 Å². The second-order valence-electron chi connectivity index (χ2n) is 10.5. The predicted octanol–water partition coefficient (Wildman–Crippen LogP) is 2.96. The second kappa shape index (κ2) is 10.9. The lowest BCUT2D eigenvalue weighted by molar-refractivity contribution is -0.137. The summed E-state index contributed by atoms with van der Waals surface area (Å²) in [6.07, 6.45) is 5.42. The number of aromatic nitrogens is 6. The zero-order valence-electron chi connectivity index (χ0n) is 23.1. The Balaban J connectivity index is 1.26. The van der Waals surface area contributed by atoms with E-state index in [1.54, 1.807) is 46.4 Å². The highest BCUT2D eigenvalue weighted by Crippen LogP contribution is 2.29. The van der Waals surface area contributed by atoms with Gasteiger partial charge in [0.15, 0.2) is 5.69 Å². The van der Waals surface area contributed by atoms with Crippen molar-refractivity contribution in [3.8, 4) is 16.8 Å². The molecule has 4 heterocycles. The Kier molecular flexibility index (Phi) is 6.95. The summed E-state index contributed by atoms with van der Waals surface area (Å²) in [7, 11) is 0. The van der Waals surface area contributed by atoms with E-state index < -0.39 is 11.9 Å². The lowest BCUT2D eigenvalue weighted by atomic mass is 10.0. The van der Waals surface area contributed by atoms with Crippen molar-refractivity contribution in [1.82, 2.24) is 34.7 Å². The number of benzene rings is 2. The first kappa shape index (κ1) is 26.8. The maximum atomic E-state index is 13.7. The Morgan fingerprint density at radius 3 is 2.60 bits per heavy atom. The summed E-state index contributed by atoms with van der Waals surface area (Å²) in [5.41, 5.74) is 10.2. The number of rotatable bonds is 7. The monoisotopic (exact) mass is 563 g/mol. The van der Waals surface area contributed by atoms with Gasteiger partial charge >= 0.3 is 0 Å². The fraction of sp³-hybridized carbons (Fsp3) is 0.233. The maximum Gasteiger partial charge on any atom is 0.269 e. The van der Waals surface area contributed by atoms with Gasteiger partial charge in [0, 0.05) is 29.4 Å². The molecule has 212 valence electrons.